The van der Waals surface area contributed by atoms with Crippen molar-refractivity contribution in [2.75, 3.05) is 0 Å². The number of hydrogen-bond donors (Lipinski definition) is 0. The summed E-state index contributed by atoms with van der Waals surface area (Å²) in [7, 11) is 0. The SMILES string of the molecule is O=C([O-])C(F)F.[CH2]I.[Zn]. The third kappa shape index (κ3) is 17.7. The van der Waals surface area contributed by atoms with Gasteiger partial charge >= 0.3 is 0 Å². The van der Waals surface area contributed by atoms with Crippen LogP contribution in [0.3, 0.4) is 0 Å². The van der Waals surface area contributed by atoms with E-state index in [9.17, 15) is 8.78 Å². The molecule has 51 valence electrons. The predicted molar refractivity (Wildman–Crippen MR) is 30.4 cm³/mol. The van der Waals surface area contributed by atoms with E-state index >= 15 is 0 Å². The zero-order valence-electron chi connectivity index (χ0n) is 4.44. The summed E-state index contributed by atoms with van der Waals surface area (Å²) < 4.78 is 21.0. The van der Waals surface area contributed by atoms with E-state index in [1.807, 2.05) is 22.6 Å². The minimum Gasteiger partial charge on any atom is -0.544 e. The van der Waals surface area contributed by atoms with Crippen molar-refractivity contribution in [1.29, 1.82) is 0 Å². The molecule has 0 saturated heterocycles. The topological polar surface area (TPSA) is 40.1 Å². The first-order chi connectivity index (χ1) is 3.64. The molecule has 0 rings (SSSR count). The van der Waals surface area contributed by atoms with Gasteiger partial charge in [-0.05, 0) is 0 Å². The first-order valence-electron chi connectivity index (χ1n) is 1.40. The molecule has 9 heavy (non-hydrogen) atoms. The van der Waals surface area contributed by atoms with Crippen LogP contribution < -0.4 is 5.11 Å². The van der Waals surface area contributed by atoms with Crippen molar-refractivity contribution in [1.82, 2.24) is 0 Å². The summed E-state index contributed by atoms with van der Waals surface area (Å²) in [5.41, 5.74) is 0. The normalized spacial score (nSPS) is 6.78. The van der Waals surface area contributed by atoms with E-state index in [2.05, 4.69) is 4.93 Å². The van der Waals surface area contributed by atoms with Crippen LogP contribution in [-0.2, 0) is 24.3 Å². The summed E-state index contributed by atoms with van der Waals surface area (Å²) in [5.74, 6) is -2.32. The minimum absolute atomic E-state index is 0. The predicted octanol–water partition coefficient (Wildman–Crippen LogP) is 0.212. The molecule has 0 aliphatic heterocycles. The monoisotopic (exact) mass is 300 g/mol. The van der Waals surface area contributed by atoms with E-state index in [4.69, 9.17) is 9.90 Å². The molecule has 0 aromatic carbocycles. The molecular weight excluding hydrogens is 298 g/mol. The molecule has 2 nitrogen and oxygen atoms in total. The Morgan fingerprint density at radius 3 is 1.67 bits per heavy atom. The Bertz CT molecular complexity index is 70.8. The van der Waals surface area contributed by atoms with Gasteiger partial charge in [0.15, 0.2) is 0 Å². The van der Waals surface area contributed by atoms with Crippen molar-refractivity contribution in [2.45, 2.75) is 6.43 Å². The van der Waals surface area contributed by atoms with Gasteiger partial charge in [-0.1, -0.05) is 22.6 Å². The fourth-order valence-corrected chi connectivity index (χ4v) is 0. The molecule has 0 fully saturated rings. The molecule has 0 aliphatic rings. The van der Waals surface area contributed by atoms with Gasteiger partial charge in [0.05, 0.1) is 0 Å². The molecule has 0 spiro atoms. The molecular formula is C3H3F2IO2Zn-. The second-order valence-corrected chi connectivity index (χ2v) is 0.620. The number of halogens is 3. The first-order valence-corrected chi connectivity index (χ1v) is 2.93. The fourth-order valence-electron chi connectivity index (χ4n) is 0. The van der Waals surface area contributed by atoms with E-state index in [-0.39, 0.29) is 19.5 Å². The van der Waals surface area contributed by atoms with Crippen LogP contribution in [0, 0.1) is 4.93 Å². The van der Waals surface area contributed by atoms with E-state index in [1.54, 1.807) is 0 Å². The number of carbonyl (C=O) groups is 1. The average Bonchev–Trinajstić information content (AvgIpc) is 1.72. The van der Waals surface area contributed by atoms with Crippen LogP contribution >= 0.6 is 22.6 Å². The number of hydrogen-bond acceptors (Lipinski definition) is 2. The van der Waals surface area contributed by atoms with Crippen molar-refractivity contribution < 1.29 is 38.2 Å². The summed E-state index contributed by atoms with van der Waals surface area (Å²) >= 11 is 1.90. The Hall–Kier alpha value is 0.683. The molecule has 6 heteroatoms. The Morgan fingerprint density at radius 1 is 1.56 bits per heavy atom. The fraction of sp³-hybridized carbons (Fsp3) is 0.333. The third-order valence-corrected chi connectivity index (χ3v) is 0.178. The molecule has 0 aromatic rings. The van der Waals surface area contributed by atoms with Gasteiger partial charge in [0.1, 0.15) is 5.97 Å². The quantitative estimate of drug-likeness (QED) is 0.513. The minimum atomic E-state index is -3.34. The zero-order valence-corrected chi connectivity index (χ0v) is 9.57. The van der Waals surface area contributed by atoms with Crippen LogP contribution in [0.1, 0.15) is 0 Å². The van der Waals surface area contributed by atoms with E-state index in [0.29, 0.717) is 0 Å². The van der Waals surface area contributed by atoms with Crippen molar-refractivity contribution in [3.05, 3.63) is 4.93 Å². The molecule has 0 heterocycles. The van der Waals surface area contributed by atoms with Gasteiger partial charge in [-0.2, -0.15) is 0 Å². The van der Waals surface area contributed by atoms with Crippen molar-refractivity contribution >= 4 is 28.6 Å². The van der Waals surface area contributed by atoms with Gasteiger partial charge in [0.25, 0.3) is 6.43 Å². The number of carbonyl (C=O) groups excluding carboxylic acids is 1. The van der Waals surface area contributed by atoms with Gasteiger partial charge < -0.3 is 9.90 Å². The first kappa shape index (κ1) is 16.3. The van der Waals surface area contributed by atoms with E-state index in [0.717, 1.165) is 0 Å². The van der Waals surface area contributed by atoms with Crippen LogP contribution in [0.5, 0.6) is 0 Å². The molecule has 0 saturated carbocycles. The molecule has 0 bridgehead atoms. The Labute approximate surface area is 77.9 Å². The van der Waals surface area contributed by atoms with E-state index in [1.165, 1.54) is 0 Å². The average molecular weight is 301 g/mol. The maximum atomic E-state index is 10.5. The van der Waals surface area contributed by atoms with Crippen LogP contribution in [0.15, 0.2) is 0 Å². The standard InChI is InChI=1S/C2H2F2O2.CH2I.Zn/c3-1(4)2(5)6;1-2;/h1H,(H,5,6);1H2;/p-1. The number of rotatable bonds is 1. The number of aliphatic carboxylic acids is 1. The maximum absolute atomic E-state index is 10.5. The molecule has 0 aromatic heterocycles. The largest absolute Gasteiger partial charge is 0.544 e. The number of alkyl halides is 2. The Morgan fingerprint density at radius 2 is 1.67 bits per heavy atom. The van der Waals surface area contributed by atoms with Gasteiger partial charge in [0.2, 0.25) is 0 Å². The summed E-state index contributed by atoms with van der Waals surface area (Å²) in [6.45, 7) is 0. The van der Waals surface area contributed by atoms with E-state index < -0.39 is 12.4 Å². The summed E-state index contributed by atoms with van der Waals surface area (Å²) in [5, 5.41) is 8.84. The van der Waals surface area contributed by atoms with Gasteiger partial charge in [-0.3, -0.25) is 0 Å². The third-order valence-electron chi connectivity index (χ3n) is 0.178. The van der Waals surface area contributed by atoms with Crippen LogP contribution in [0.2, 0.25) is 0 Å². The van der Waals surface area contributed by atoms with Gasteiger partial charge in [-0.15, -0.1) is 0 Å². The van der Waals surface area contributed by atoms with Gasteiger partial charge in [-0.25, -0.2) is 8.78 Å². The Kier molecular flexibility index (Phi) is 20.8. The Balaban J connectivity index is -0.000000109. The van der Waals surface area contributed by atoms with Gasteiger partial charge in [0, 0.05) is 24.4 Å². The van der Waals surface area contributed by atoms with Crippen LogP contribution in [0.25, 0.3) is 0 Å². The molecule has 0 amide bonds. The zero-order chi connectivity index (χ0) is 7.15. The number of carboxylic acids is 1. The second-order valence-electron chi connectivity index (χ2n) is 0.620. The molecule has 1 radical (unpaired) electrons. The summed E-state index contributed by atoms with van der Waals surface area (Å²) in [6, 6.07) is 0. The summed E-state index contributed by atoms with van der Waals surface area (Å²) in [6.07, 6.45) is -3.34. The van der Waals surface area contributed by atoms with Crippen molar-refractivity contribution in [2.24, 2.45) is 0 Å². The molecule has 0 atom stereocenters. The van der Waals surface area contributed by atoms with Crippen LogP contribution in [0.4, 0.5) is 8.78 Å². The van der Waals surface area contributed by atoms with Crippen molar-refractivity contribution in [3.63, 3.8) is 0 Å². The molecule has 0 unspecified atom stereocenters. The molecule has 0 N–H and O–H groups in total. The summed E-state index contributed by atoms with van der Waals surface area (Å²) in [4.78, 5) is 12.1. The van der Waals surface area contributed by atoms with Crippen molar-refractivity contribution in [3.8, 4) is 0 Å². The molecule has 0 aliphatic carbocycles. The van der Waals surface area contributed by atoms with Crippen LogP contribution in [-0.4, -0.2) is 12.4 Å². The smallest absolute Gasteiger partial charge is 0.277 e. The maximum Gasteiger partial charge on any atom is 0.277 e. The second kappa shape index (κ2) is 11.5. The number of carboxylic acid groups (broad SMARTS) is 1.